The molecule has 0 aliphatic rings. The Morgan fingerprint density at radius 3 is 2.93 bits per heavy atom. The van der Waals surface area contributed by atoms with Gasteiger partial charge in [0.1, 0.15) is 5.75 Å². The van der Waals surface area contributed by atoms with E-state index in [1.165, 1.54) is 6.08 Å². The van der Waals surface area contributed by atoms with E-state index in [1.807, 2.05) is 32.0 Å². The van der Waals surface area contributed by atoms with Gasteiger partial charge < -0.3 is 10.1 Å². The number of carbonyl (C=O) groups excluding carboxylic acids is 1. The predicted octanol–water partition coefficient (Wildman–Crippen LogP) is 2.52. The third-order valence-electron chi connectivity index (χ3n) is 1.88. The quantitative estimate of drug-likeness (QED) is 0.767. The highest BCUT2D eigenvalue weighted by atomic mass is 16.5. The number of anilines is 1. The maximum absolute atomic E-state index is 11.2. The number of ether oxygens (including phenoxy) is 1. The Morgan fingerprint density at radius 1 is 1.60 bits per heavy atom. The molecule has 3 heteroatoms. The fourth-order valence-corrected chi connectivity index (χ4v) is 1.21. The molecular weight excluding hydrogens is 190 g/mol. The number of hydrogen-bond acceptors (Lipinski definition) is 2. The molecule has 0 aliphatic carbocycles. The lowest BCUT2D eigenvalue weighted by atomic mass is 10.2. The second-order valence-corrected chi connectivity index (χ2v) is 3.13. The summed E-state index contributed by atoms with van der Waals surface area (Å²) in [5.74, 6) is 0.444. The van der Waals surface area contributed by atoms with Crippen LogP contribution in [-0.2, 0) is 4.79 Å². The minimum atomic E-state index is -0.235. The molecule has 0 bridgehead atoms. The molecule has 0 saturated heterocycles. The molecule has 3 nitrogen and oxygen atoms in total. The Morgan fingerprint density at radius 2 is 2.33 bits per heavy atom. The van der Waals surface area contributed by atoms with E-state index in [0.29, 0.717) is 18.0 Å². The summed E-state index contributed by atoms with van der Waals surface area (Å²) in [5, 5.41) is 2.70. The zero-order valence-corrected chi connectivity index (χ0v) is 9.04. The van der Waals surface area contributed by atoms with E-state index in [9.17, 15) is 4.79 Å². The van der Waals surface area contributed by atoms with Crippen LogP contribution in [0.15, 0.2) is 30.9 Å². The number of amides is 1. The summed E-state index contributed by atoms with van der Waals surface area (Å²) in [5.41, 5.74) is 1.75. The van der Waals surface area contributed by atoms with Crippen LogP contribution in [0.2, 0.25) is 0 Å². The van der Waals surface area contributed by atoms with Gasteiger partial charge in [-0.15, -0.1) is 0 Å². The van der Waals surface area contributed by atoms with Gasteiger partial charge in [-0.05, 0) is 37.6 Å². The van der Waals surface area contributed by atoms with E-state index >= 15 is 0 Å². The largest absolute Gasteiger partial charge is 0.492 e. The third kappa shape index (κ3) is 3.13. The molecule has 0 fully saturated rings. The van der Waals surface area contributed by atoms with Crippen LogP contribution in [0.5, 0.6) is 5.75 Å². The second kappa shape index (κ2) is 5.20. The number of rotatable bonds is 4. The molecule has 1 amide bonds. The maximum atomic E-state index is 11.2. The van der Waals surface area contributed by atoms with Crippen molar-refractivity contribution in [3.63, 3.8) is 0 Å². The first kappa shape index (κ1) is 11.3. The normalized spacial score (nSPS) is 9.47. The lowest BCUT2D eigenvalue weighted by molar-refractivity contribution is -0.111. The maximum Gasteiger partial charge on any atom is 0.247 e. The highest BCUT2D eigenvalue weighted by Gasteiger charge is 2.05. The number of carbonyl (C=O) groups is 1. The standard InChI is InChI=1S/C12H15NO2/c1-4-12(14)13-10-8-9(3)6-7-11(10)15-5-2/h4,6-8H,1,5H2,2-3H3,(H,13,14). The van der Waals surface area contributed by atoms with Crippen LogP contribution in [0.4, 0.5) is 5.69 Å². The minimum absolute atomic E-state index is 0.235. The first-order chi connectivity index (χ1) is 7.17. The van der Waals surface area contributed by atoms with Gasteiger partial charge in [-0.25, -0.2) is 0 Å². The second-order valence-electron chi connectivity index (χ2n) is 3.13. The predicted molar refractivity (Wildman–Crippen MR) is 61.2 cm³/mol. The number of nitrogens with one attached hydrogen (secondary N) is 1. The smallest absolute Gasteiger partial charge is 0.247 e. The van der Waals surface area contributed by atoms with Gasteiger partial charge in [0.05, 0.1) is 12.3 Å². The van der Waals surface area contributed by atoms with Crippen molar-refractivity contribution in [2.24, 2.45) is 0 Å². The van der Waals surface area contributed by atoms with Gasteiger partial charge in [0.25, 0.3) is 0 Å². The molecule has 0 aliphatic heterocycles. The van der Waals surface area contributed by atoms with Crippen LogP contribution in [0.1, 0.15) is 12.5 Å². The molecule has 0 heterocycles. The molecule has 15 heavy (non-hydrogen) atoms. The highest BCUT2D eigenvalue weighted by Crippen LogP contribution is 2.25. The van der Waals surface area contributed by atoms with Crippen molar-refractivity contribution in [2.45, 2.75) is 13.8 Å². The van der Waals surface area contributed by atoms with Gasteiger partial charge in [0.15, 0.2) is 0 Å². The van der Waals surface area contributed by atoms with Crippen molar-refractivity contribution < 1.29 is 9.53 Å². The monoisotopic (exact) mass is 205 g/mol. The van der Waals surface area contributed by atoms with Gasteiger partial charge in [0.2, 0.25) is 5.91 Å². The van der Waals surface area contributed by atoms with E-state index in [0.717, 1.165) is 5.56 Å². The van der Waals surface area contributed by atoms with E-state index in [4.69, 9.17) is 4.74 Å². The molecule has 0 atom stereocenters. The van der Waals surface area contributed by atoms with Crippen molar-refractivity contribution in [3.05, 3.63) is 36.4 Å². The topological polar surface area (TPSA) is 38.3 Å². The van der Waals surface area contributed by atoms with Crippen molar-refractivity contribution in [1.82, 2.24) is 0 Å². The Balaban J connectivity index is 2.95. The van der Waals surface area contributed by atoms with Crippen molar-refractivity contribution in [2.75, 3.05) is 11.9 Å². The number of aryl methyl sites for hydroxylation is 1. The summed E-state index contributed by atoms with van der Waals surface area (Å²) >= 11 is 0. The summed E-state index contributed by atoms with van der Waals surface area (Å²) in [6, 6.07) is 5.65. The fourth-order valence-electron chi connectivity index (χ4n) is 1.21. The summed E-state index contributed by atoms with van der Waals surface area (Å²) in [4.78, 5) is 11.2. The summed E-state index contributed by atoms with van der Waals surface area (Å²) in [6.07, 6.45) is 1.23. The van der Waals surface area contributed by atoms with Crippen LogP contribution in [-0.4, -0.2) is 12.5 Å². The van der Waals surface area contributed by atoms with E-state index in [1.54, 1.807) is 0 Å². The summed E-state index contributed by atoms with van der Waals surface area (Å²) in [7, 11) is 0. The first-order valence-electron chi connectivity index (χ1n) is 4.84. The lowest BCUT2D eigenvalue weighted by Gasteiger charge is -2.11. The molecule has 1 rings (SSSR count). The van der Waals surface area contributed by atoms with Gasteiger partial charge in [0, 0.05) is 0 Å². The summed E-state index contributed by atoms with van der Waals surface area (Å²) < 4.78 is 5.39. The Kier molecular flexibility index (Phi) is 3.92. The minimum Gasteiger partial charge on any atom is -0.492 e. The molecule has 1 N–H and O–H groups in total. The molecule has 0 spiro atoms. The van der Waals surface area contributed by atoms with Gasteiger partial charge in [-0.3, -0.25) is 4.79 Å². The van der Waals surface area contributed by atoms with E-state index in [2.05, 4.69) is 11.9 Å². The van der Waals surface area contributed by atoms with Crippen molar-refractivity contribution in [3.8, 4) is 5.75 Å². The SMILES string of the molecule is C=CC(=O)Nc1cc(C)ccc1OCC. The fraction of sp³-hybridized carbons (Fsp3) is 0.250. The molecule has 0 aromatic heterocycles. The average molecular weight is 205 g/mol. The molecule has 80 valence electrons. The highest BCUT2D eigenvalue weighted by molar-refractivity contribution is 5.99. The molecule has 1 aromatic rings. The molecule has 0 radical (unpaired) electrons. The lowest BCUT2D eigenvalue weighted by Crippen LogP contribution is -2.09. The van der Waals surface area contributed by atoms with Gasteiger partial charge in [-0.1, -0.05) is 12.6 Å². The third-order valence-corrected chi connectivity index (χ3v) is 1.88. The van der Waals surface area contributed by atoms with Crippen LogP contribution in [0.25, 0.3) is 0 Å². The average Bonchev–Trinajstić information content (AvgIpc) is 2.22. The Labute approximate surface area is 89.8 Å². The first-order valence-corrected chi connectivity index (χ1v) is 4.84. The zero-order chi connectivity index (χ0) is 11.3. The zero-order valence-electron chi connectivity index (χ0n) is 9.04. The van der Waals surface area contributed by atoms with Gasteiger partial charge >= 0.3 is 0 Å². The van der Waals surface area contributed by atoms with E-state index in [-0.39, 0.29) is 5.91 Å². The number of hydrogen-bond donors (Lipinski definition) is 1. The molecule has 0 saturated carbocycles. The van der Waals surface area contributed by atoms with Gasteiger partial charge in [-0.2, -0.15) is 0 Å². The number of benzene rings is 1. The summed E-state index contributed by atoms with van der Waals surface area (Å²) in [6.45, 7) is 7.83. The molecule has 1 aromatic carbocycles. The van der Waals surface area contributed by atoms with Crippen LogP contribution in [0.3, 0.4) is 0 Å². The van der Waals surface area contributed by atoms with Crippen LogP contribution < -0.4 is 10.1 Å². The van der Waals surface area contributed by atoms with Crippen molar-refractivity contribution >= 4 is 11.6 Å². The molecule has 0 unspecified atom stereocenters. The molecular formula is C12H15NO2. The van der Waals surface area contributed by atoms with Crippen LogP contribution in [0, 0.1) is 6.92 Å². The Bertz CT molecular complexity index is 372. The Hall–Kier alpha value is -1.77. The van der Waals surface area contributed by atoms with Crippen LogP contribution >= 0.6 is 0 Å². The van der Waals surface area contributed by atoms with Crippen molar-refractivity contribution in [1.29, 1.82) is 0 Å². The van der Waals surface area contributed by atoms with E-state index < -0.39 is 0 Å².